The van der Waals surface area contributed by atoms with Gasteiger partial charge in [-0.1, -0.05) is 6.07 Å². The Labute approximate surface area is 84.8 Å². The van der Waals surface area contributed by atoms with Crippen LogP contribution in [-0.4, -0.2) is 17.5 Å². The Morgan fingerprint density at radius 3 is 2.57 bits per heavy atom. The smallest absolute Gasteiger partial charge is 0.113 e. The highest BCUT2D eigenvalue weighted by atomic mass is 15.2. The molecule has 0 amide bonds. The molecule has 0 saturated heterocycles. The van der Waals surface area contributed by atoms with Crippen LogP contribution in [0.2, 0.25) is 0 Å². The van der Waals surface area contributed by atoms with E-state index in [0.717, 1.165) is 13.1 Å². The fraction of sp³-hybridized carbons (Fsp3) is 0.333. The molecule has 2 heterocycles. The van der Waals surface area contributed by atoms with Crippen molar-refractivity contribution in [3.05, 3.63) is 36.5 Å². The van der Waals surface area contributed by atoms with E-state index >= 15 is 0 Å². The number of rotatable bonds is 3. The number of fused-ring (bicyclic) bond motifs is 1. The Morgan fingerprint density at radius 1 is 1.07 bits per heavy atom. The van der Waals surface area contributed by atoms with Crippen molar-refractivity contribution in [2.24, 2.45) is 0 Å². The van der Waals surface area contributed by atoms with Crippen LogP contribution in [-0.2, 0) is 0 Å². The van der Waals surface area contributed by atoms with Gasteiger partial charge in [0.2, 0.25) is 0 Å². The summed E-state index contributed by atoms with van der Waals surface area (Å²) in [6.07, 6.45) is 2.11. The van der Waals surface area contributed by atoms with Crippen LogP contribution in [0.25, 0.3) is 5.52 Å². The first-order valence-electron chi connectivity index (χ1n) is 5.18. The molecule has 14 heavy (non-hydrogen) atoms. The molecular formula is C12H16N2. The van der Waals surface area contributed by atoms with Gasteiger partial charge in [0.05, 0.1) is 0 Å². The lowest BCUT2D eigenvalue weighted by Crippen LogP contribution is -2.23. The molecule has 2 aromatic heterocycles. The van der Waals surface area contributed by atoms with E-state index in [9.17, 15) is 0 Å². The van der Waals surface area contributed by atoms with Crippen molar-refractivity contribution >= 4 is 11.3 Å². The van der Waals surface area contributed by atoms with Gasteiger partial charge in [0, 0.05) is 24.8 Å². The van der Waals surface area contributed by atoms with Gasteiger partial charge >= 0.3 is 0 Å². The molecule has 0 saturated carbocycles. The summed E-state index contributed by atoms with van der Waals surface area (Å²) in [6.45, 7) is 6.48. The second-order valence-corrected chi connectivity index (χ2v) is 3.36. The largest absolute Gasteiger partial charge is 0.358 e. The summed E-state index contributed by atoms with van der Waals surface area (Å²) in [5.74, 6) is 1.28. The maximum Gasteiger partial charge on any atom is 0.113 e. The van der Waals surface area contributed by atoms with Crippen LogP contribution in [0.1, 0.15) is 13.8 Å². The molecule has 2 aromatic rings. The lowest BCUT2D eigenvalue weighted by Gasteiger charge is -2.20. The zero-order valence-electron chi connectivity index (χ0n) is 8.77. The molecular weight excluding hydrogens is 172 g/mol. The number of anilines is 1. The van der Waals surface area contributed by atoms with Gasteiger partial charge < -0.3 is 9.30 Å². The molecule has 2 rings (SSSR count). The molecule has 0 aliphatic carbocycles. The van der Waals surface area contributed by atoms with E-state index in [4.69, 9.17) is 0 Å². The molecule has 0 spiro atoms. The van der Waals surface area contributed by atoms with Crippen molar-refractivity contribution in [1.29, 1.82) is 0 Å². The first-order valence-corrected chi connectivity index (χ1v) is 5.18. The van der Waals surface area contributed by atoms with Crippen molar-refractivity contribution in [2.75, 3.05) is 18.0 Å². The standard InChI is InChI=1S/C12H16N2/c1-3-13(4-2)12-9-8-11-7-5-6-10-14(11)12/h5-10H,3-4H2,1-2H3. The normalized spacial score (nSPS) is 10.7. The van der Waals surface area contributed by atoms with E-state index in [1.54, 1.807) is 0 Å². The van der Waals surface area contributed by atoms with Gasteiger partial charge in [0.1, 0.15) is 5.82 Å². The van der Waals surface area contributed by atoms with Crippen molar-refractivity contribution in [2.45, 2.75) is 13.8 Å². The third-order valence-electron chi connectivity index (χ3n) is 2.63. The molecule has 0 unspecified atom stereocenters. The minimum atomic E-state index is 1.05. The van der Waals surface area contributed by atoms with Gasteiger partial charge in [0.25, 0.3) is 0 Å². The number of pyridine rings is 1. The fourth-order valence-electron chi connectivity index (χ4n) is 1.85. The van der Waals surface area contributed by atoms with Crippen LogP contribution in [0, 0.1) is 0 Å². The van der Waals surface area contributed by atoms with Gasteiger partial charge in [-0.2, -0.15) is 0 Å². The first-order chi connectivity index (χ1) is 6.86. The Kier molecular flexibility index (Phi) is 2.44. The lowest BCUT2D eigenvalue weighted by molar-refractivity contribution is 0.839. The topological polar surface area (TPSA) is 7.65 Å². The van der Waals surface area contributed by atoms with E-state index in [1.165, 1.54) is 11.3 Å². The monoisotopic (exact) mass is 188 g/mol. The highest BCUT2D eigenvalue weighted by Gasteiger charge is 2.05. The third-order valence-corrected chi connectivity index (χ3v) is 2.63. The first kappa shape index (κ1) is 9.13. The molecule has 0 N–H and O–H groups in total. The molecule has 0 aliphatic heterocycles. The SMILES string of the molecule is CCN(CC)c1ccc2ccccn12. The molecule has 0 aromatic carbocycles. The number of hydrogen-bond acceptors (Lipinski definition) is 1. The summed E-state index contributed by atoms with van der Waals surface area (Å²) in [5, 5.41) is 0. The molecule has 0 bridgehead atoms. The Morgan fingerprint density at radius 2 is 1.86 bits per heavy atom. The van der Waals surface area contributed by atoms with E-state index in [-0.39, 0.29) is 0 Å². The molecule has 74 valence electrons. The van der Waals surface area contributed by atoms with Crippen LogP contribution in [0.5, 0.6) is 0 Å². The molecule has 0 radical (unpaired) electrons. The van der Waals surface area contributed by atoms with Crippen LogP contribution in [0.4, 0.5) is 5.82 Å². The highest BCUT2D eigenvalue weighted by Crippen LogP contribution is 2.18. The van der Waals surface area contributed by atoms with Crippen LogP contribution in [0.3, 0.4) is 0 Å². The lowest BCUT2D eigenvalue weighted by atomic mass is 10.4. The minimum Gasteiger partial charge on any atom is -0.358 e. The zero-order chi connectivity index (χ0) is 9.97. The summed E-state index contributed by atoms with van der Waals surface area (Å²) < 4.78 is 2.23. The van der Waals surface area contributed by atoms with Gasteiger partial charge in [-0.3, -0.25) is 0 Å². The highest BCUT2D eigenvalue weighted by molar-refractivity contribution is 5.58. The maximum absolute atomic E-state index is 2.35. The minimum absolute atomic E-state index is 1.05. The van der Waals surface area contributed by atoms with E-state index < -0.39 is 0 Å². The summed E-state index contributed by atoms with van der Waals surface area (Å²) >= 11 is 0. The Balaban J connectivity index is 2.51. The Bertz CT molecular complexity index is 413. The van der Waals surface area contributed by atoms with E-state index in [1.807, 2.05) is 0 Å². The predicted octanol–water partition coefficient (Wildman–Crippen LogP) is 2.79. The molecule has 0 aliphatic rings. The van der Waals surface area contributed by atoms with Crippen LogP contribution in [0.15, 0.2) is 36.5 Å². The third kappa shape index (κ3) is 1.37. The fourth-order valence-corrected chi connectivity index (χ4v) is 1.85. The average Bonchev–Trinajstić information content (AvgIpc) is 2.65. The van der Waals surface area contributed by atoms with Crippen molar-refractivity contribution < 1.29 is 0 Å². The second kappa shape index (κ2) is 3.74. The van der Waals surface area contributed by atoms with Gasteiger partial charge in [-0.15, -0.1) is 0 Å². The van der Waals surface area contributed by atoms with Gasteiger partial charge in [-0.05, 0) is 38.1 Å². The maximum atomic E-state index is 2.35. The van der Waals surface area contributed by atoms with Crippen molar-refractivity contribution in [1.82, 2.24) is 4.40 Å². The predicted molar refractivity (Wildman–Crippen MR) is 61.0 cm³/mol. The average molecular weight is 188 g/mol. The van der Waals surface area contributed by atoms with Gasteiger partial charge in [0.15, 0.2) is 0 Å². The number of nitrogens with zero attached hydrogens (tertiary/aromatic N) is 2. The zero-order valence-corrected chi connectivity index (χ0v) is 8.77. The summed E-state index contributed by atoms with van der Waals surface area (Å²) in [4.78, 5) is 2.35. The summed E-state index contributed by atoms with van der Waals surface area (Å²) in [5.41, 5.74) is 1.26. The van der Waals surface area contributed by atoms with Crippen LogP contribution >= 0.6 is 0 Å². The van der Waals surface area contributed by atoms with Gasteiger partial charge in [-0.25, -0.2) is 0 Å². The molecule has 2 nitrogen and oxygen atoms in total. The van der Waals surface area contributed by atoms with Crippen LogP contribution < -0.4 is 4.90 Å². The second-order valence-electron chi connectivity index (χ2n) is 3.36. The summed E-state index contributed by atoms with van der Waals surface area (Å²) in [6, 6.07) is 10.6. The number of hydrogen-bond donors (Lipinski definition) is 0. The Hall–Kier alpha value is -1.44. The molecule has 2 heteroatoms. The van der Waals surface area contributed by atoms with E-state index in [2.05, 4.69) is 59.7 Å². The molecule has 0 atom stereocenters. The quantitative estimate of drug-likeness (QED) is 0.718. The van der Waals surface area contributed by atoms with Crippen molar-refractivity contribution in [3.8, 4) is 0 Å². The summed E-state index contributed by atoms with van der Waals surface area (Å²) in [7, 11) is 0. The number of aromatic nitrogens is 1. The van der Waals surface area contributed by atoms with E-state index in [0.29, 0.717) is 0 Å². The molecule has 0 fully saturated rings. The van der Waals surface area contributed by atoms with Crippen molar-refractivity contribution in [3.63, 3.8) is 0 Å².